The molecule has 2 aromatic rings. The fourth-order valence-electron chi connectivity index (χ4n) is 3.13. The second-order valence-corrected chi connectivity index (χ2v) is 10.7. The Morgan fingerprint density at radius 2 is 1.96 bits per heavy atom. The highest BCUT2D eigenvalue weighted by Crippen LogP contribution is 2.28. The largest absolute Gasteiger partial charge is 0.361 e. The third kappa shape index (κ3) is 4.57. The van der Waals surface area contributed by atoms with Gasteiger partial charge >= 0.3 is 0 Å². The zero-order valence-electron chi connectivity index (χ0n) is 16.0. The number of hydrogen-bond donors (Lipinski definition) is 0. The summed E-state index contributed by atoms with van der Waals surface area (Å²) in [6.45, 7) is 5.84. The third-order valence-electron chi connectivity index (χ3n) is 4.75. The van der Waals surface area contributed by atoms with Crippen molar-refractivity contribution in [3.8, 4) is 0 Å². The van der Waals surface area contributed by atoms with Crippen molar-refractivity contribution in [3.05, 3.63) is 33.5 Å². The van der Waals surface area contributed by atoms with E-state index < -0.39 is 10.0 Å². The number of carbonyl (C=O) groups is 1. The molecule has 3 rings (SSSR count). The molecule has 3 heterocycles. The number of hydrogen-bond acceptors (Lipinski definition) is 7. The van der Waals surface area contributed by atoms with Crippen LogP contribution in [0.5, 0.6) is 0 Å². The van der Waals surface area contributed by atoms with Crippen molar-refractivity contribution in [2.45, 2.75) is 24.6 Å². The number of halogens is 1. The molecular formula is C17H23ClN4O4S2. The Hall–Kier alpha value is -1.46. The molecule has 0 bridgehead atoms. The van der Waals surface area contributed by atoms with Crippen molar-refractivity contribution >= 4 is 38.9 Å². The highest BCUT2D eigenvalue weighted by molar-refractivity contribution is 7.91. The first-order valence-electron chi connectivity index (χ1n) is 8.82. The molecule has 1 saturated heterocycles. The van der Waals surface area contributed by atoms with Crippen LogP contribution in [-0.4, -0.2) is 73.4 Å². The molecular weight excluding hydrogens is 424 g/mol. The van der Waals surface area contributed by atoms with Gasteiger partial charge in [-0.15, -0.1) is 11.3 Å². The number of thiophene rings is 1. The number of likely N-dealkylation sites (N-methyl/N-ethyl adjacent to an activating group) is 1. The van der Waals surface area contributed by atoms with Crippen LogP contribution in [0, 0.1) is 13.8 Å². The molecule has 0 aliphatic carbocycles. The Labute approximate surface area is 173 Å². The predicted octanol–water partition coefficient (Wildman–Crippen LogP) is 1.97. The van der Waals surface area contributed by atoms with Gasteiger partial charge in [-0.25, -0.2) is 8.42 Å². The van der Waals surface area contributed by atoms with E-state index >= 15 is 0 Å². The SMILES string of the molecule is Cc1noc(C)c1CN(C)CC(=O)N1CCN(S(=O)(=O)c2ccc(Cl)s2)CC1. The lowest BCUT2D eigenvalue weighted by Gasteiger charge is -2.34. The monoisotopic (exact) mass is 446 g/mol. The molecule has 1 amide bonds. The maximum absolute atomic E-state index is 12.6. The number of sulfonamides is 1. The zero-order chi connectivity index (χ0) is 20.5. The summed E-state index contributed by atoms with van der Waals surface area (Å²) >= 11 is 6.90. The minimum Gasteiger partial charge on any atom is -0.361 e. The fraction of sp³-hybridized carbons (Fsp3) is 0.529. The summed E-state index contributed by atoms with van der Waals surface area (Å²) in [5.74, 6) is 0.731. The van der Waals surface area contributed by atoms with Gasteiger partial charge in [0.15, 0.2) is 0 Å². The minimum atomic E-state index is -3.56. The number of piperazine rings is 1. The summed E-state index contributed by atoms with van der Waals surface area (Å²) in [5.41, 5.74) is 1.81. The van der Waals surface area contributed by atoms with Gasteiger partial charge < -0.3 is 9.42 Å². The molecule has 1 aliphatic heterocycles. The number of carbonyl (C=O) groups excluding carboxylic acids is 1. The van der Waals surface area contributed by atoms with E-state index in [-0.39, 0.29) is 29.8 Å². The van der Waals surface area contributed by atoms with Gasteiger partial charge in [-0.2, -0.15) is 4.31 Å². The summed E-state index contributed by atoms with van der Waals surface area (Å²) < 4.78 is 32.5. The Kier molecular flexibility index (Phi) is 6.45. The van der Waals surface area contributed by atoms with Gasteiger partial charge in [0, 0.05) is 38.3 Å². The topological polar surface area (TPSA) is 87.0 Å². The minimum absolute atomic E-state index is 0.0227. The molecule has 0 saturated carbocycles. The second-order valence-electron chi connectivity index (χ2n) is 6.82. The standard InChI is InChI=1S/C17H23ClN4O4S2/c1-12-14(13(2)26-19-12)10-20(3)11-16(23)21-6-8-22(9-7-21)28(24,25)17-5-4-15(18)27-17/h4-5H,6-11H2,1-3H3. The maximum atomic E-state index is 12.6. The van der Waals surface area contributed by atoms with Crippen LogP contribution in [0.2, 0.25) is 4.34 Å². The summed E-state index contributed by atoms with van der Waals surface area (Å²) in [6.07, 6.45) is 0. The molecule has 0 radical (unpaired) electrons. The lowest BCUT2D eigenvalue weighted by molar-refractivity contribution is -0.133. The highest BCUT2D eigenvalue weighted by Gasteiger charge is 2.31. The van der Waals surface area contributed by atoms with E-state index in [1.807, 2.05) is 25.8 Å². The normalized spacial score (nSPS) is 16.1. The fourth-order valence-corrected chi connectivity index (χ4v) is 6.19. The van der Waals surface area contributed by atoms with Gasteiger partial charge in [-0.1, -0.05) is 16.8 Å². The van der Waals surface area contributed by atoms with E-state index in [0.717, 1.165) is 28.4 Å². The van der Waals surface area contributed by atoms with Crippen LogP contribution in [-0.2, 0) is 21.4 Å². The summed E-state index contributed by atoms with van der Waals surface area (Å²) in [6, 6.07) is 3.09. The van der Waals surface area contributed by atoms with Crippen LogP contribution in [0.25, 0.3) is 0 Å². The van der Waals surface area contributed by atoms with Crippen LogP contribution < -0.4 is 0 Å². The number of nitrogens with zero attached hydrogens (tertiary/aromatic N) is 4. The van der Waals surface area contributed by atoms with E-state index in [1.165, 1.54) is 10.4 Å². The highest BCUT2D eigenvalue weighted by atomic mass is 35.5. The number of aromatic nitrogens is 1. The molecule has 0 atom stereocenters. The van der Waals surface area contributed by atoms with E-state index in [0.29, 0.717) is 24.0 Å². The van der Waals surface area contributed by atoms with Crippen LogP contribution >= 0.6 is 22.9 Å². The van der Waals surface area contributed by atoms with Crippen molar-refractivity contribution in [1.82, 2.24) is 19.3 Å². The molecule has 1 fully saturated rings. The van der Waals surface area contributed by atoms with Gasteiger partial charge in [0.25, 0.3) is 10.0 Å². The molecule has 0 aromatic carbocycles. The number of aryl methyl sites for hydroxylation is 2. The maximum Gasteiger partial charge on any atom is 0.252 e. The van der Waals surface area contributed by atoms with Crippen LogP contribution in [0.15, 0.2) is 20.9 Å². The van der Waals surface area contributed by atoms with E-state index in [2.05, 4.69) is 5.16 Å². The Morgan fingerprint density at radius 3 is 2.50 bits per heavy atom. The molecule has 28 heavy (non-hydrogen) atoms. The van der Waals surface area contributed by atoms with Gasteiger partial charge in [-0.3, -0.25) is 9.69 Å². The molecule has 0 spiro atoms. The van der Waals surface area contributed by atoms with Crippen LogP contribution in [0.4, 0.5) is 0 Å². The Morgan fingerprint density at radius 1 is 1.29 bits per heavy atom. The number of rotatable bonds is 6. The lowest BCUT2D eigenvalue weighted by atomic mass is 10.2. The average molecular weight is 447 g/mol. The first-order chi connectivity index (χ1) is 13.2. The van der Waals surface area contributed by atoms with Crippen molar-refractivity contribution in [2.24, 2.45) is 0 Å². The van der Waals surface area contributed by atoms with E-state index in [1.54, 1.807) is 11.0 Å². The summed E-state index contributed by atoms with van der Waals surface area (Å²) in [5, 5.41) is 3.93. The van der Waals surface area contributed by atoms with Crippen LogP contribution in [0.1, 0.15) is 17.0 Å². The molecule has 11 heteroatoms. The van der Waals surface area contributed by atoms with Crippen molar-refractivity contribution in [3.63, 3.8) is 0 Å². The molecule has 2 aromatic heterocycles. The van der Waals surface area contributed by atoms with Crippen molar-refractivity contribution in [2.75, 3.05) is 39.8 Å². The van der Waals surface area contributed by atoms with E-state index in [4.69, 9.17) is 16.1 Å². The van der Waals surface area contributed by atoms with Gasteiger partial charge in [0.2, 0.25) is 5.91 Å². The first-order valence-corrected chi connectivity index (χ1v) is 11.5. The third-order valence-corrected chi connectivity index (χ3v) is 8.35. The van der Waals surface area contributed by atoms with Crippen LogP contribution in [0.3, 0.4) is 0 Å². The first kappa shape index (κ1) is 21.3. The summed E-state index contributed by atoms with van der Waals surface area (Å²) in [7, 11) is -1.69. The average Bonchev–Trinajstić information content (AvgIpc) is 3.23. The molecule has 0 unspecified atom stereocenters. The predicted molar refractivity (Wildman–Crippen MR) is 107 cm³/mol. The Bertz CT molecular complexity index is 929. The van der Waals surface area contributed by atoms with Crippen molar-refractivity contribution < 1.29 is 17.7 Å². The molecule has 0 N–H and O–H groups in total. The van der Waals surface area contributed by atoms with E-state index in [9.17, 15) is 13.2 Å². The molecule has 154 valence electrons. The smallest absolute Gasteiger partial charge is 0.252 e. The van der Waals surface area contributed by atoms with Crippen molar-refractivity contribution in [1.29, 1.82) is 0 Å². The van der Waals surface area contributed by atoms with Gasteiger partial charge in [0.1, 0.15) is 9.97 Å². The summed E-state index contributed by atoms with van der Waals surface area (Å²) in [4.78, 5) is 16.2. The van der Waals surface area contributed by atoms with Gasteiger partial charge in [-0.05, 0) is 33.0 Å². The number of amides is 1. The Balaban J connectivity index is 1.53. The quantitative estimate of drug-likeness (QED) is 0.674. The molecule has 1 aliphatic rings. The molecule has 8 nitrogen and oxygen atoms in total. The zero-order valence-corrected chi connectivity index (χ0v) is 18.4. The van der Waals surface area contributed by atoms with Gasteiger partial charge in [0.05, 0.1) is 16.6 Å². The lowest BCUT2D eigenvalue weighted by Crippen LogP contribution is -2.52. The second kappa shape index (κ2) is 8.50.